The number of amides is 1. The van der Waals surface area contributed by atoms with E-state index in [-0.39, 0.29) is 35.8 Å². The van der Waals surface area contributed by atoms with Crippen molar-refractivity contribution in [3.8, 4) is 5.88 Å². The lowest BCUT2D eigenvalue weighted by Crippen LogP contribution is -2.42. The van der Waals surface area contributed by atoms with Crippen LogP contribution in [0.3, 0.4) is 0 Å². The topological polar surface area (TPSA) is 99.7 Å². The number of nitrogens with one attached hydrogen (secondary N) is 1. The average Bonchev–Trinajstić information content (AvgIpc) is 2.44. The highest BCUT2D eigenvalue weighted by atomic mass is 16.5. The first-order valence-electron chi connectivity index (χ1n) is 6.31. The molecule has 2 heterocycles. The summed E-state index contributed by atoms with van der Waals surface area (Å²) in [5.74, 6) is -1.41. The number of carbonyl (C=O) groups is 2. The van der Waals surface area contributed by atoms with E-state index < -0.39 is 5.56 Å². The molecule has 1 aromatic heterocycles. The average molecular weight is 280 g/mol. The molecule has 2 rings (SSSR count). The van der Waals surface area contributed by atoms with Crippen molar-refractivity contribution in [3.05, 3.63) is 28.0 Å². The van der Waals surface area contributed by atoms with Crippen molar-refractivity contribution in [2.45, 2.75) is 12.8 Å². The summed E-state index contributed by atoms with van der Waals surface area (Å²) in [7, 11) is 1.32. The van der Waals surface area contributed by atoms with Gasteiger partial charge in [-0.2, -0.15) is 0 Å². The van der Waals surface area contributed by atoms with Crippen LogP contribution in [0.4, 0.5) is 0 Å². The number of pyridine rings is 1. The van der Waals surface area contributed by atoms with Gasteiger partial charge in [-0.15, -0.1) is 0 Å². The number of piperidine rings is 1. The van der Waals surface area contributed by atoms with E-state index in [0.717, 1.165) is 6.07 Å². The lowest BCUT2D eigenvalue weighted by Gasteiger charge is -2.31. The Bertz CT molecular complexity index is 580. The van der Waals surface area contributed by atoms with Gasteiger partial charge in [-0.05, 0) is 12.8 Å². The number of hydrogen-bond acceptors (Lipinski definition) is 5. The fourth-order valence-electron chi connectivity index (χ4n) is 2.36. The second-order valence-electron chi connectivity index (χ2n) is 4.73. The normalized spacial score (nSPS) is 18.6. The Balaban J connectivity index is 2.16. The molecule has 0 aromatic carbocycles. The van der Waals surface area contributed by atoms with E-state index in [1.54, 1.807) is 0 Å². The van der Waals surface area contributed by atoms with E-state index in [9.17, 15) is 19.5 Å². The zero-order valence-electron chi connectivity index (χ0n) is 11.1. The van der Waals surface area contributed by atoms with E-state index in [2.05, 4.69) is 9.72 Å². The number of nitrogens with zero attached hydrogens (tertiary/aromatic N) is 1. The van der Waals surface area contributed by atoms with Crippen molar-refractivity contribution in [2.24, 2.45) is 5.92 Å². The highest BCUT2D eigenvalue weighted by Crippen LogP contribution is 2.20. The minimum absolute atomic E-state index is 0.108. The predicted octanol–water partition coefficient (Wildman–Crippen LogP) is 0.106. The van der Waals surface area contributed by atoms with Crippen LogP contribution in [0, 0.1) is 5.92 Å². The Kier molecular flexibility index (Phi) is 4.07. The number of carbonyl (C=O) groups excluding carboxylic acids is 2. The third-order valence-electron chi connectivity index (χ3n) is 3.32. The Morgan fingerprint density at radius 3 is 2.85 bits per heavy atom. The smallest absolute Gasteiger partial charge is 0.310 e. The number of aromatic amines is 1. The molecule has 1 fully saturated rings. The van der Waals surface area contributed by atoms with E-state index >= 15 is 0 Å². The van der Waals surface area contributed by atoms with Gasteiger partial charge >= 0.3 is 5.97 Å². The van der Waals surface area contributed by atoms with Crippen LogP contribution in [-0.2, 0) is 9.53 Å². The monoisotopic (exact) mass is 280 g/mol. The highest BCUT2D eigenvalue weighted by molar-refractivity contribution is 5.94. The van der Waals surface area contributed by atoms with Gasteiger partial charge in [0.2, 0.25) is 0 Å². The first-order valence-corrected chi connectivity index (χ1v) is 6.31. The molecule has 0 aliphatic carbocycles. The van der Waals surface area contributed by atoms with E-state index in [4.69, 9.17) is 0 Å². The largest absolute Gasteiger partial charge is 0.494 e. The molecule has 1 unspecified atom stereocenters. The highest BCUT2D eigenvalue weighted by Gasteiger charge is 2.29. The second-order valence-corrected chi connectivity index (χ2v) is 4.73. The van der Waals surface area contributed by atoms with Gasteiger partial charge in [-0.25, -0.2) is 0 Å². The number of H-pyrrole nitrogens is 1. The van der Waals surface area contributed by atoms with Crippen LogP contribution in [0.25, 0.3) is 0 Å². The van der Waals surface area contributed by atoms with E-state index in [1.165, 1.54) is 18.1 Å². The van der Waals surface area contributed by atoms with Gasteiger partial charge in [0, 0.05) is 25.2 Å². The van der Waals surface area contributed by atoms with Crippen LogP contribution >= 0.6 is 0 Å². The Hall–Kier alpha value is -2.31. The van der Waals surface area contributed by atoms with Gasteiger partial charge in [-0.1, -0.05) is 0 Å². The van der Waals surface area contributed by atoms with Crippen LogP contribution in [0.1, 0.15) is 23.2 Å². The van der Waals surface area contributed by atoms with E-state index in [1.807, 2.05) is 0 Å². The van der Waals surface area contributed by atoms with Crippen LogP contribution in [0.15, 0.2) is 16.9 Å². The number of likely N-dealkylation sites (tertiary alicyclic amines) is 1. The zero-order chi connectivity index (χ0) is 14.7. The summed E-state index contributed by atoms with van der Waals surface area (Å²) in [5, 5.41) is 9.32. The molecule has 2 N–H and O–H groups in total. The molecule has 7 nitrogen and oxygen atoms in total. The van der Waals surface area contributed by atoms with Gasteiger partial charge < -0.3 is 14.7 Å². The lowest BCUT2D eigenvalue weighted by molar-refractivity contribution is -0.146. The molecule has 0 spiro atoms. The van der Waals surface area contributed by atoms with Crippen molar-refractivity contribution in [1.29, 1.82) is 0 Å². The van der Waals surface area contributed by atoms with Gasteiger partial charge in [-0.3, -0.25) is 19.4 Å². The maximum absolute atomic E-state index is 12.3. The summed E-state index contributed by atoms with van der Waals surface area (Å²) >= 11 is 0. The molecule has 7 heteroatoms. The number of aromatic hydroxyl groups is 1. The Morgan fingerprint density at radius 1 is 1.45 bits per heavy atom. The molecule has 0 saturated carbocycles. The maximum atomic E-state index is 12.3. The van der Waals surface area contributed by atoms with Crippen molar-refractivity contribution < 1.29 is 19.4 Å². The standard InChI is InChI=1S/C13H16N2O5/c1-20-13(19)8-3-2-4-15(7-8)12(18)9-5-10(16)14-11(17)6-9/h5-6,8H,2-4,7H2,1H3,(H2,14,16,17). The number of aromatic nitrogens is 1. The molecule has 0 bridgehead atoms. The molecule has 1 aromatic rings. The van der Waals surface area contributed by atoms with Crippen molar-refractivity contribution in [3.63, 3.8) is 0 Å². The fourth-order valence-corrected chi connectivity index (χ4v) is 2.36. The summed E-state index contributed by atoms with van der Waals surface area (Å²) in [5.41, 5.74) is -0.438. The van der Waals surface area contributed by atoms with Crippen LogP contribution in [0.2, 0.25) is 0 Å². The minimum Gasteiger partial charge on any atom is -0.494 e. The summed E-state index contributed by atoms with van der Waals surface area (Å²) in [6.45, 7) is 0.777. The summed E-state index contributed by atoms with van der Waals surface area (Å²) < 4.78 is 4.69. The lowest BCUT2D eigenvalue weighted by atomic mass is 9.97. The fraction of sp³-hybridized carbons (Fsp3) is 0.462. The molecule has 1 aliphatic heterocycles. The van der Waals surface area contributed by atoms with Crippen molar-refractivity contribution in [2.75, 3.05) is 20.2 Å². The summed E-state index contributed by atoms with van der Waals surface area (Å²) in [6, 6.07) is 2.33. The third-order valence-corrected chi connectivity index (χ3v) is 3.32. The van der Waals surface area contributed by atoms with Crippen LogP contribution in [-0.4, -0.2) is 47.1 Å². The molecule has 108 valence electrons. The SMILES string of the molecule is COC(=O)C1CCCN(C(=O)c2cc(O)[nH]c(=O)c2)C1. The second kappa shape index (κ2) is 5.77. The summed E-state index contributed by atoms with van der Waals surface area (Å²) in [4.78, 5) is 38.7. The van der Waals surface area contributed by atoms with Gasteiger partial charge in [0.05, 0.1) is 18.6 Å². The maximum Gasteiger partial charge on any atom is 0.310 e. The van der Waals surface area contributed by atoms with Gasteiger partial charge in [0.1, 0.15) is 0 Å². The molecule has 1 amide bonds. The van der Waals surface area contributed by atoms with Gasteiger partial charge in [0.15, 0.2) is 5.88 Å². The summed E-state index contributed by atoms with van der Waals surface area (Å²) in [6.07, 6.45) is 1.37. The molecular weight excluding hydrogens is 264 g/mol. The van der Waals surface area contributed by atoms with Crippen LogP contribution in [0.5, 0.6) is 5.88 Å². The predicted molar refractivity (Wildman–Crippen MR) is 69.4 cm³/mol. The molecular formula is C13H16N2O5. The van der Waals surface area contributed by atoms with E-state index in [0.29, 0.717) is 19.4 Å². The molecule has 1 atom stereocenters. The molecule has 1 aliphatic rings. The number of esters is 1. The van der Waals surface area contributed by atoms with Crippen molar-refractivity contribution in [1.82, 2.24) is 9.88 Å². The number of methoxy groups -OCH3 is 1. The first kappa shape index (κ1) is 14.1. The van der Waals surface area contributed by atoms with Gasteiger partial charge in [0.25, 0.3) is 11.5 Å². The number of ether oxygens (including phenoxy) is 1. The molecule has 20 heavy (non-hydrogen) atoms. The Labute approximate surface area is 115 Å². The zero-order valence-corrected chi connectivity index (χ0v) is 11.1. The first-order chi connectivity index (χ1) is 9.51. The number of hydrogen-bond donors (Lipinski definition) is 2. The third kappa shape index (κ3) is 2.98. The molecule has 1 saturated heterocycles. The minimum atomic E-state index is -0.546. The molecule has 0 radical (unpaired) electrons. The number of rotatable bonds is 2. The quantitative estimate of drug-likeness (QED) is 0.749. The van der Waals surface area contributed by atoms with Crippen molar-refractivity contribution >= 4 is 11.9 Å². The van der Waals surface area contributed by atoms with Crippen LogP contribution < -0.4 is 5.56 Å². The Morgan fingerprint density at radius 2 is 2.20 bits per heavy atom.